The van der Waals surface area contributed by atoms with Crippen LogP contribution in [0.25, 0.3) is 0 Å². The van der Waals surface area contributed by atoms with Crippen molar-refractivity contribution >= 4 is 17.5 Å². The van der Waals surface area contributed by atoms with Crippen molar-refractivity contribution in [1.82, 2.24) is 5.48 Å². The van der Waals surface area contributed by atoms with Gasteiger partial charge in [-0.1, -0.05) is 11.6 Å². The summed E-state index contributed by atoms with van der Waals surface area (Å²) >= 11 is 5.60. The minimum Gasteiger partial charge on any atom is -0.350 e. The van der Waals surface area contributed by atoms with E-state index in [2.05, 4.69) is 5.48 Å². The first-order chi connectivity index (χ1) is 8.66. The molecule has 0 aliphatic carbocycles. The highest BCUT2D eigenvalue weighted by molar-refractivity contribution is 6.30. The second kappa shape index (κ2) is 6.13. The molecule has 1 aromatic carbocycles. The lowest BCUT2D eigenvalue weighted by molar-refractivity contribution is -0.186. The van der Waals surface area contributed by atoms with E-state index in [4.69, 9.17) is 21.2 Å². The maximum atomic E-state index is 13.4. The molecule has 98 valence electrons. The van der Waals surface area contributed by atoms with E-state index in [1.54, 1.807) is 0 Å². The largest absolute Gasteiger partial charge is 0.350 e. The lowest BCUT2D eigenvalue weighted by atomic mass is 10.2. The number of ether oxygens (including phenoxy) is 1. The molecule has 1 heterocycles. The molecule has 1 aromatic rings. The molecule has 1 amide bonds. The zero-order valence-electron chi connectivity index (χ0n) is 9.62. The number of halogens is 2. The van der Waals surface area contributed by atoms with Gasteiger partial charge in [-0.3, -0.25) is 4.79 Å². The first kappa shape index (κ1) is 13.3. The van der Waals surface area contributed by atoms with Gasteiger partial charge < -0.3 is 4.74 Å². The number of carbonyl (C=O) groups excluding carboxylic acids is 1. The highest BCUT2D eigenvalue weighted by Crippen LogP contribution is 2.15. The molecule has 1 aliphatic rings. The van der Waals surface area contributed by atoms with Gasteiger partial charge >= 0.3 is 0 Å². The minimum atomic E-state index is -0.687. The van der Waals surface area contributed by atoms with Crippen LogP contribution in [0.5, 0.6) is 0 Å². The van der Waals surface area contributed by atoms with Crippen LogP contribution in [0, 0.1) is 5.82 Å². The second-order valence-corrected chi connectivity index (χ2v) is 4.41. The van der Waals surface area contributed by atoms with E-state index in [0.717, 1.165) is 18.9 Å². The Morgan fingerprint density at radius 2 is 2.33 bits per heavy atom. The third-order valence-electron chi connectivity index (χ3n) is 2.60. The zero-order chi connectivity index (χ0) is 13.0. The van der Waals surface area contributed by atoms with Crippen LogP contribution in [0.2, 0.25) is 5.02 Å². The molecule has 6 heteroatoms. The first-order valence-corrected chi connectivity index (χ1v) is 6.07. The second-order valence-electron chi connectivity index (χ2n) is 3.97. The number of nitrogens with one attached hydrogen (secondary N) is 1. The number of hydrogen-bond acceptors (Lipinski definition) is 3. The predicted octanol–water partition coefficient (Wildman–Crippen LogP) is 2.67. The van der Waals surface area contributed by atoms with E-state index in [1.807, 2.05) is 0 Å². The fraction of sp³-hybridized carbons (Fsp3) is 0.417. The van der Waals surface area contributed by atoms with Gasteiger partial charge in [0, 0.05) is 18.1 Å². The summed E-state index contributed by atoms with van der Waals surface area (Å²) in [7, 11) is 0. The van der Waals surface area contributed by atoms with Gasteiger partial charge in [0.2, 0.25) is 0 Å². The SMILES string of the molecule is O=C(NOC1CCCCO1)c1ccc(Cl)cc1F. The molecule has 1 atom stereocenters. The molecular weight excluding hydrogens is 261 g/mol. The molecule has 4 nitrogen and oxygen atoms in total. The van der Waals surface area contributed by atoms with Crippen LogP contribution >= 0.6 is 11.6 Å². The van der Waals surface area contributed by atoms with Crippen molar-refractivity contribution in [2.75, 3.05) is 6.61 Å². The fourth-order valence-corrected chi connectivity index (χ4v) is 1.81. The van der Waals surface area contributed by atoms with Crippen LogP contribution in [0.4, 0.5) is 4.39 Å². The summed E-state index contributed by atoms with van der Waals surface area (Å²) in [5.41, 5.74) is 2.07. The molecule has 1 fully saturated rings. The molecular formula is C12H13ClFNO3. The van der Waals surface area contributed by atoms with E-state index < -0.39 is 18.0 Å². The van der Waals surface area contributed by atoms with Crippen LogP contribution < -0.4 is 5.48 Å². The summed E-state index contributed by atoms with van der Waals surface area (Å²) < 4.78 is 18.7. The normalized spacial score (nSPS) is 19.6. The van der Waals surface area contributed by atoms with Gasteiger partial charge in [0.15, 0.2) is 6.29 Å². The zero-order valence-corrected chi connectivity index (χ0v) is 10.4. The molecule has 0 aromatic heterocycles. The van der Waals surface area contributed by atoms with Gasteiger partial charge in [-0.25, -0.2) is 14.7 Å². The van der Waals surface area contributed by atoms with Crippen molar-refractivity contribution in [2.24, 2.45) is 0 Å². The van der Waals surface area contributed by atoms with Crippen molar-refractivity contribution in [3.8, 4) is 0 Å². The van der Waals surface area contributed by atoms with Crippen LogP contribution in [-0.4, -0.2) is 18.8 Å². The van der Waals surface area contributed by atoms with Crippen LogP contribution in [0.3, 0.4) is 0 Å². The summed E-state index contributed by atoms with van der Waals surface area (Å²) in [6, 6.07) is 3.82. The van der Waals surface area contributed by atoms with Crippen molar-refractivity contribution in [1.29, 1.82) is 0 Å². The molecule has 0 bridgehead atoms. The van der Waals surface area contributed by atoms with Gasteiger partial charge in [-0.05, 0) is 31.0 Å². The number of rotatable bonds is 3. The van der Waals surface area contributed by atoms with Gasteiger partial charge in [0.25, 0.3) is 5.91 Å². The predicted molar refractivity (Wildman–Crippen MR) is 63.6 cm³/mol. The van der Waals surface area contributed by atoms with Crippen LogP contribution in [0.1, 0.15) is 29.6 Å². The molecule has 1 unspecified atom stereocenters. The Balaban J connectivity index is 1.90. The Morgan fingerprint density at radius 1 is 1.50 bits per heavy atom. The molecule has 1 saturated heterocycles. The minimum absolute atomic E-state index is 0.116. The number of amides is 1. The molecule has 0 spiro atoms. The number of hydroxylamine groups is 1. The average Bonchev–Trinajstić information content (AvgIpc) is 2.37. The van der Waals surface area contributed by atoms with Crippen molar-refractivity contribution < 1.29 is 18.8 Å². The Morgan fingerprint density at radius 3 is 3.00 bits per heavy atom. The first-order valence-electron chi connectivity index (χ1n) is 5.69. The Hall–Kier alpha value is -1.17. The maximum Gasteiger partial charge on any atom is 0.277 e. The van der Waals surface area contributed by atoms with Gasteiger partial charge in [-0.15, -0.1) is 0 Å². The van der Waals surface area contributed by atoms with E-state index >= 15 is 0 Å². The lowest BCUT2D eigenvalue weighted by Crippen LogP contribution is -2.33. The molecule has 18 heavy (non-hydrogen) atoms. The third kappa shape index (κ3) is 3.41. The van der Waals surface area contributed by atoms with Crippen LogP contribution in [0.15, 0.2) is 18.2 Å². The van der Waals surface area contributed by atoms with Crippen molar-refractivity contribution in [3.63, 3.8) is 0 Å². The lowest BCUT2D eigenvalue weighted by Gasteiger charge is -2.22. The van der Waals surface area contributed by atoms with E-state index in [1.165, 1.54) is 12.1 Å². The summed E-state index contributed by atoms with van der Waals surface area (Å²) in [4.78, 5) is 16.7. The molecule has 0 saturated carbocycles. The molecule has 2 rings (SSSR count). The van der Waals surface area contributed by atoms with Crippen molar-refractivity contribution in [2.45, 2.75) is 25.6 Å². The van der Waals surface area contributed by atoms with Crippen molar-refractivity contribution in [3.05, 3.63) is 34.6 Å². The third-order valence-corrected chi connectivity index (χ3v) is 2.83. The Labute approximate surface area is 109 Å². The summed E-state index contributed by atoms with van der Waals surface area (Å²) in [6.45, 7) is 0.607. The van der Waals surface area contributed by atoms with Gasteiger partial charge in [0.05, 0.1) is 5.56 Å². The Bertz CT molecular complexity index is 435. The fourth-order valence-electron chi connectivity index (χ4n) is 1.65. The summed E-state index contributed by atoms with van der Waals surface area (Å²) in [5, 5.41) is 0.237. The molecule has 1 aliphatic heterocycles. The average molecular weight is 274 g/mol. The molecule has 0 radical (unpaired) electrons. The maximum absolute atomic E-state index is 13.4. The van der Waals surface area contributed by atoms with E-state index in [9.17, 15) is 9.18 Å². The summed E-state index contributed by atoms with van der Waals surface area (Å²) in [6.07, 6.45) is 2.22. The number of benzene rings is 1. The quantitative estimate of drug-likeness (QED) is 0.862. The highest BCUT2D eigenvalue weighted by atomic mass is 35.5. The number of carbonyl (C=O) groups is 1. The Kier molecular flexibility index (Phi) is 4.52. The van der Waals surface area contributed by atoms with E-state index in [-0.39, 0.29) is 10.6 Å². The summed E-state index contributed by atoms with van der Waals surface area (Å²) in [5.74, 6) is -1.34. The monoisotopic (exact) mass is 273 g/mol. The van der Waals surface area contributed by atoms with Crippen LogP contribution in [-0.2, 0) is 9.57 Å². The number of hydrogen-bond donors (Lipinski definition) is 1. The van der Waals surface area contributed by atoms with E-state index in [0.29, 0.717) is 13.0 Å². The highest BCUT2D eigenvalue weighted by Gasteiger charge is 2.17. The standard InChI is InChI=1S/C12H13ClFNO3/c13-8-4-5-9(10(14)7-8)12(16)15-18-11-3-1-2-6-17-11/h4-5,7,11H,1-3,6H2,(H,15,16). The van der Waals surface area contributed by atoms with Gasteiger partial charge in [-0.2, -0.15) is 0 Å². The smallest absolute Gasteiger partial charge is 0.277 e. The van der Waals surface area contributed by atoms with Gasteiger partial charge in [0.1, 0.15) is 5.82 Å². The topological polar surface area (TPSA) is 47.6 Å². The molecule has 1 N–H and O–H groups in total.